The third-order valence-electron chi connectivity index (χ3n) is 5.47. The average Bonchev–Trinajstić information content (AvgIpc) is 3.16. The summed E-state index contributed by atoms with van der Waals surface area (Å²) in [6.07, 6.45) is 4.11. The molecule has 27 heavy (non-hydrogen) atoms. The van der Waals surface area contributed by atoms with Crippen LogP contribution in [0.1, 0.15) is 34.5 Å². The van der Waals surface area contributed by atoms with Gasteiger partial charge in [0.05, 0.1) is 11.3 Å². The fraction of sp³-hybridized carbons (Fsp3) is 0.450. The number of carbonyl (C=O) groups excluding carboxylic acids is 1. The molecule has 3 heterocycles. The molecule has 0 amide bonds. The Bertz CT molecular complexity index is 878. The average molecular weight is 366 g/mol. The molecule has 7 nitrogen and oxygen atoms in total. The highest BCUT2D eigenvalue weighted by Crippen LogP contribution is 2.33. The minimum absolute atomic E-state index is 0.177. The van der Waals surface area contributed by atoms with E-state index in [0.29, 0.717) is 18.8 Å². The highest BCUT2D eigenvalue weighted by molar-refractivity contribution is 5.97. The predicted molar refractivity (Wildman–Crippen MR) is 99.4 cm³/mol. The maximum absolute atomic E-state index is 11.9. The highest BCUT2D eigenvalue weighted by atomic mass is 16.7. The summed E-state index contributed by atoms with van der Waals surface area (Å²) in [5.41, 5.74) is 2.86. The first kappa shape index (κ1) is 16.5. The first-order valence-electron chi connectivity index (χ1n) is 9.51. The molecule has 0 atom stereocenters. The normalized spacial score (nSPS) is 19.3. The van der Waals surface area contributed by atoms with Crippen molar-refractivity contribution in [3.8, 4) is 11.5 Å². The fourth-order valence-electron chi connectivity index (χ4n) is 3.94. The maximum atomic E-state index is 11.9. The van der Waals surface area contributed by atoms with Crippen LogP contribution in [-0.4, -0.2) is 53.6 Å². The Morgan fingerprint density at radius 1 is 1.04 bits per heavy atom. The lowest BCUT2D eigenvalue weighted by Crippen LogP contribution is -2.46. The number of Topliss-reactive ketones (excluding diaryl/α,β-unsaturated/α-hetero) is 1. The van der Waals surface area contributed by atoms with Crippen molar-refractivity contribution in [2.24, 2.45) is 0 Å². The van der Waals surface area contributed by atoms with Gasteiger partial charge in [0, 0.05) is 45.3 Å². The number of aryl methyl sites for hydroxylation is 1. The Morgan fingerprint density at radius 3 is 2.78 bits per heavy atom. The van der Waals surface area contributed by atoms with Gasteiger partial charge in [0.15, 0.2) is 17.3 Å². The maximum Gasteiger partial charge on any atom is 0.231 e. The van der Waals surface area contributed by atoms with E-state index in [9.17, 15) is 4.79 Å². The Balaban J connectivity index is 1.22. The summed E-state index contributed by atoms with van der Waals surface area (Å²) in [5.74, 6) is 2.59. The summed E-state index contributed by atoms with van der Waals surface area (Å²) >= 11 is 0. The van der Waals surface area contributed by atoms with Crippen LogP contribution in [0.15, 0.2) is 24.4 Å². The number of aromatic nitrogens is 2. The van der Waals surface area contributed by atoms with Crippen LogP contribution in [0.2, 0.25) is 0 Å². The summed E-state index contributed by atoms with van der Waals surface area (Å²) in [4.78, 5) is 25.7. The SMILES string of the molecule is O=C1CCCc2nc(N3CCN(Cc4ccc5c(c4)OCO5)CC3)ncc21. The lowest BCUT2D eigenvalue weighted by atomic mass is 9.96. The lowest BCUT2D eigenvalue weighted by Gasteiger charge is -2.35. The Kier molecular flexibility index (Phi) is 4.16. The second kappa shape index (κ2) is 6.81. The predicted octanol–water partition coefficient (Wildman–Crippen LogP) is 2.05. The quantitative estimate of drug-likeness (QED) is 0.823. The first-order valence-corrected chi connectivity index (χ1v) is 9.51. The van der Waals surface area contributed by atoms with Gasteiger partial charge in [-0.25, -0.2) is 9.97 Å². The molecule has 1 saturated heterocycles. The molecule has 0 spiro atoms. The van der Waals surface area contributed by atoms with Crippen LogP contribution in [0.5, 0.6) is 11.5 Å². The van der Waals surface area contributed by atoms with Gasteiger partial charge in [-0.2, -0.15) is 0 Å². The molecule has 1 aliphatic carbocycles. The van der Waals surface area contributed by atoms with E-state index in [0.717, 1.165) is 68.7 Å². The standard InChI is InChI=1S/C20H22N4O3/c25-17-3-1-2-16-15(17)11-21-20(22-16)24-8-6-23(7-9-24)12-14-4-5-18-19(10-14)27-13-26-18/h4-5,10-11H,1-3,6-9,12-13H2. The zero-order chi connectivity index (χ0) is 18.2. The number of ketones is 1. The number of nitrogens with zero attached hydrogens (tertiary/aromatic N) is 4. The van der Waals surface area contributed by atoms with Crippen molar-refractivity contribution in [2.75, 3.05) is 37.9 Å². The van der Waals surface area contributed by atoms with Crippen LogP contribution in [0.25, 0.3) is 0 Å². The molecule has 1 aromatic carbocycles. The zero-order valence-electron chi connectivity index (χ0n) is 15.2. The molecule has 0 bridgehead atoms. The Labute approximate surface area is 157 Å². The molecule has 0 saturated carbocycles. The number of benzene rings is 1. The molecule has 2 aromatic rings. The Hall–Kier alpha value is -2.67. The monoisotopic (exact) mass is 366 g/mol. The molecule has 1 fully saturated rings. The largest absolute Gasteiger partial charge is 0.454 e. The van der Waals surface area contributed by atoms with Crippen molar-refractivity contribution in [2.45, 2.75) is 25.8 Å². The second-order valence-corrected chi connectivity index (χ2v) is 7.26. The minimum atomic E-state index is 0.177. The number of hydrogen-bond acceptors (Lipinski definition) is 7. The van der Waals surface area contributed by atoms with E-state index in [1.165, 1.54) is 5.56 Å². The van der Waals surface area contributed by atoms with Gasteiger partial charge in [0.1, 0.15) is 0 Å². The van der Waals surface area contributed by atoms with E-state index in [4.69, 9.17) is 9.47 Å². The number of carbonyl (C=O) groups is 1. The number of anilines is 1. The molecule has 0 unspecified atom stereocenters. The van der Waals surface area contributed by atoms with Gasteiger partial charge in [-0.05, 0) is 30.5 Å². The summed E-state index contributed by atoms with van der Waals surface area (Å²) in [5, 5.41) is 0. The summed E-state index contributed by atoms with van der Waals surface area (Å²) in [7, 11) is 0. The molecule has 1 aromatic heterocycles. The summed E-state index contributed by atoms with van der Waals surface area (Å²) in [6.45, 7) is 4.88. The van der Waals surface area contributed by atoms with E-state index in [1.54, 1.807) is 6.20 Å². The van der Waals surface area contributed by atoms with Gasteiger partial charge in [-0.3, -0.25) is 9.69 Å². The minimum Gasteiger partial charge on any atom is -0.454 e. The molecule has 0 N–H and O–H groups in total. The van der Waals surface area contributed by atoms with Crippen LogP contribution in [-0.2, 0) is 13.0 Å². The highest BCUT2D eigenvalue weighted by Gasteiger charge is 2.24. The number of rotatable bonds is 3. The van der Waals surface area contributed by atoms with Crippen LogP contribution in [0, 0.1) is 0 Å². The molecule has 5 rings (SSSR count). The van der Waals surface area contributed by atoms with Crippen LogP contribution in [0.4, 0.5) is 5.95 Å². The van der Waals surface area contributed by atoms with Crippen LogP contribution < -0.4 is 14.4 Å². The van der Waals surface area contributed by atoms with Gasteiger partial charge in [-0.15, -0.1) is 0 Å². The van der Waals surface area contributed by atoms with E-state index in [-0.39, 0.29) is 5.78 Å². The molecule has 7 heteroatoms. The van der Waals surface area contributed by atoms with Crippen LogP contribution in [0.3, 0.4) is 0 Å². The van der Waals surface area contributed by atoms with Gasteiger partial charge < -0.3 is 14.4 Å². The number of hydrogen-bond donors (Lipinski definition) is 0. The molecular weight excluding hydrogens is 344 g/mol. The van der Waals surface area contributed by atoms with Crippen molar-refractivity contribution >= 4 is 11.7 Å². The van der Waals surface area contributed by atoms with Gasteiger partial charge >= 0.3 is 0 Å². The van der Waals surface area contributed by atoms with Gasteiger partial charge in [0.2, 0.25) is 12.7 Å². The van der Waals surface area contributed by atoms with E-state index in [1.807, 2.05) is 6.07 Å². The second-order valence-electron chi connectivity index (χ2n) is 7.26. The van der Waals surface area contributed by atoms with Gasteiger partial charge in [-0.1, -0.05) is 6.07 Å². The number of piperazine rings is 1. The number of ether oxygens (including phenoxy) is 2. The Morgan fingerprint density at radius 2 is 1.89 bits per heavy atom. The lowest BCUT2D eigenvalue weighted by molar-refractivity contribution is 0.0971. The molecule has 140 valence electrons. The third kappa shape index (κ3) is 3.23. The van der Waals surface area contributed by atoms with Crippen molar-refractivity contribution in [3.05, 3.63) is 41.2 Å². The number of fused-ring (bicyclic) bond motifs is 2. The van der Waals surface area contributed by atoms with E-state index in [2.05, 4.69) is 31.9 Å². The zero-order valence-corrected chi connectivity index (χ0v) is 15.2. The molecule has 2 aliphatic heterocycles. The van der Waals surface area contributed by atoms with Crippen LogP contribution >= 0.6 is 0 Å². The summed E-state index contributed by atoms with van der Waals surface area (Å²) < 4.78 is 10.8. The topological polar surface area (TPSA) is 67.8 Å². The smallest absolute Gasteiger partial charge is 0.231 e. The van der Waals surface area contributed by atoms with Crippen molar-refractivity contribution < 1.29 is 14.3 Å². The third-order valence-corrected chi connectivity index (χ3v) is 5.47. The summed E-state index contributed by atoms with van der Waals surface area (Å²) in [6, 6.07) is 6.15. The molecule has 3 aliphatic rings. The van der Waals surface area contributed by atoms with E-state index < -0.39 is 0 Å². The van der Waals surface area contributed by atoms with E-state index >= 15 is 0 Å². The fourth-order valence-corrected chi connectivity index (χ4v) is 3.94. The molecule has 0 radical (unpaired) electrons. The first-order chi connectivity index (χ1) is 13.3. The van der Waals surface area contributed by atoms with Crippen molar-refractivity contribution in [1.82, 2.24) is 14.9 Å². The molecular formula is C20H22N4O3. The van der Waals surface area contributed by atoms with Crippen molar-refractivity contribution in [1.29, 1.82) is 0 Å². The van der Waals surface area contributed by atoms with Gasteiger partial charge in [0.25, 0.3) is 0 Å². The van der Waals surface area contributed by atoms with Crippen molar-refractivity contribution in [3.63, 3.8) is 0 Å².